The molecule has 0 saturated heterocycles. The third-order valence-electron chi connectivity index (χ3n) is 11.9. The highest BCUT2D eigenvalue weighted by molar-refractivity contribution is 7.26. The summed E-state index contributed by atoms with van der Waals surface area (Å²) in [6.07, 6.45) is 0. The summed E-state index contributed by atoms with van der Waals surface area (Å²) in [5, 5.41) is 4.97. The Balaban J connectivity index is 0.987. The number of hydrogen-bond acceptors (Lipinski definition) is 4. The predicted molar refractivity (Wildman–Crippen MR) is 260 cm³/mol. The number of nitrogens with zero attached hydrogens (tertiary/aromatic N) is 4. The summed E-state index contributed by atoms with van der Waals surface area (Å²) in [7, 11) is 0. The van der Waals surface area contributed by atoms with Gasteiger partial charge in [-0.1, -0.05) is 188 Å². The van der Waals surface area contributed by atoms with Gasteiger partial charge in [-0.15, -0.1) is 11.3 Å². The number of thiophene rings is 1. The topological polar surface area (TPSA) is 43.6 Å². The highest BCUT2D eigenvalue weighted by Crippen LogP contribution is 2.44. The van der Waals surface area contributed by atoms with Crippen LogP contribution in [0, 0.1) is 0 Å². The van der Waals surface area contributed by atoms with E-state index in [1.165, 1.54) is 64.2 Å². The van der Waals surface area contributed by atoms with Crippen molar-refractivity contribution in [2.75, 3.05) is 0 Å². The first kappa shape index (κ1) is 35.9. The van der Waals surface area contributed by atoms with Crippen molar-refractivity contribution in [1.29, 1.82) is 0 Å². The summed E-state index contributed by atoms with van der Waals surface area (Å²) in [6, 6.07) is 77.5. The maximum Gasteiger partial charge on any atom is 0.164 e. The molecule has 0 aliphatic rings. The van der Waals surface area contributed by atoms with Crippen molar-refractivity contribution in [3.05, 3.63) is 218 Å². The minimum atomic E-state index is 0.636. The van der Waals surface area contributed by atoms with Gasteiger partial charge in [-0.05, 0) is 58.1 Å². The van der Waals surface area contributed by atoms with E-state index in [2.05, 4.69) is 211 Å². The maximum atomic E-state index is 5.16. The van der Waals surface area contributed by atoms with Gasteiger partial charge >= 0.3 is 0 Å². The number of aromatic nitrogens is 4. The molecule has 62 heavy (non-hydrogen) atoms. The Kier molecular flexibility index (Phi) is 8.65. The summed E-state index contributed by atoms with van der Waals surface area (Å²) in [5.41, 5.74) is 13.4. The standard InChI is InChI=1S/C57H36N4S/c1-3-14-37(15-4-1)39-26-30-41(31-27-39)55-58-56(42-32-28-40(29-33-42)38-16-5-2-6-17-38)60-57(59-55)43-34-35-48-53(36-43)62-52-25-13-21-47(54(48)52)46-20-9-12-24-51(46)61-49-22-10-7-18-44(49)45-19-8-11-23-50(45)61/h1-36H. The van der Waals surface area contributed by atoms with E-state index in [4.69, 9.17) is 15.0 Å². The molecule has 12 aromatic rings. The second kappa shape index (κ2) is 14.9. The van der Waals surface area contributed by atoms with Crippen LogP contribution >= 0.6 is 11.3 Å². The molecule has 0 radical (unpaired) electrons. The summed E-state index contributed by atoms with van der Waals surface area (Å²) in [6.45, 7) is 0. The Hall–Kier alpha value is -7.99. The first-order chi connectivity index (χ1) is 30.7. The monoisotopic (exact) mass is 808 g/mol. The van der Waals surface area contributed by atoms with Crippen molar-refractivity contribution >= 4 is 53.3 Å². The van der Waals surface area contributed by atoms with E-state index in [0.717, 1.165) is 33.5 Å². The normalized spacial score (nSPS) is 11.5. The molecule has 0 amide bonds. The fourth-order valence-corrected chi connectivity index (χ4v) is 10.1. The Morgan fingerprint density at radius 3 is 1.35 bits per heavy atom. The van der Waals surface area contributed by atoms with Crippen molar-refractivity contribution in [3.8, 4) is 73.2 Å². The molecule has 3 aromatic heterocycles. The van der Waals surface area contributed by atoms with Crippen LogP contribution in [0.5, 0.6) is 0 Å². The quantitative estimate of drug-likeness (QED) is 0.161. The van der Waals surface area contributed by atoms with Crippen LogP contribution in [0.4, 0.5) is 0 Å². The van der Waals surface area contributed by atoms with Crippen LogP contribution in [-0.4, -0.2) is 19.5 Å². The van der Waals surface area contributed by atoms with E-state index < -0.39 is 0 Å². The molecule has 9 aromatic carbocycles. The van der Waals surface area contributed by atoms with E-state index in [1.54, 1.807) is 0 Å². The van der Waals surface area contributed by atoms with E-state index in [0.29, 0.717) is 17.5 Å². The smallest absolute Gasteiger partial charge is 0.164 e. The van der Waals surface area contributed by atoms with Gasteiger partial charge in [0.15, 0.2) is 17.5 Å². The molecule has 0 spiro atoms. The Bertz CT molecular complexity index is 3450. The van der Waals surface area contributed by atoms with Crippen molar-refractivity contribution in [2.45, 2.75) is 0 Å². The summed E-state index contributed by atoms with van der Waals surface area (Å²) >= 11 is 1.81. The molecule has 12 rings (SSSR count). The first-order valence-electron chi connectivity index (χ1n) is 20.8. The lowest BCUT2D eigenvalue weighted by molar-refractivity contribution is 1.07. The van der Waals surface area contributed by atoms with Crippen molar-refractivity contribution in [2.24, 2.45) is 0 Å². The van der Waals surface area contributed by atoms with Crippen molar-refractivity contribution in [3.63, 3.8) is 0 Å². The summed E-state index contributed by atoms with van der Waals surface area (Å²) in [4.78, 5) is 15.4. The highest BCUT2D eigenvalue weighted by atomic mass is 32.1. The molecule has 0 aliphatic heterocycles. The lowest BCUT2D eigenvalue weighted by atomic mass is 9.97. The minimum absolute atomic E-state index is 0.636. The van der Waals surface area contributed by atoms with Gasteiger partial charge in [0.25, 0.3) is 0 Å². The Morgan fingerprint density at radius 2 is 0.758 bits per heavy atom. The van der Waals surface area contributed by atoms with Gasteiger partial charge in [0, 0.05) is 53.2 Å². The van der Waals surface area contributed by atoms with Crippen LogP contribution in [0.3, 0.4) is 0 Å². The third kappa shape index (κ3) is 6.18. The van der Waals surface area contributed by atoms with Crippen LogP contribution in [0.1, 0.15) is 0 Å². The van der Waals surface area contributed by atoms with Crippen molar-refractivity contribution in [1.82, 2.24) is 19.5 Å². The van der Waals surface area contributed by atoms with Crippen LogP contribution in [-0.2, 0) is 0 Å². The summed E-state index contributed by atoms with van der Waals surface area (Å²) in [5.74, 6) is 1.91. The van der Waals surface area contributed by atoms with Crippen LogP contribution < -0.4 is 0 Å². The molecule has 0 bridgehead atoms. The largest absolute Gasteiger partial charge is 0.309 e. The molecule has 3 heterocycles. The molecule has 290 valence electrons. The fraction of sp³-hybridized carbons (Fsp3) is 0. The van der Waals surface area contributed by atoms with E-state index in [9.17, 15) is 0 Å². The first-order valence-corrected chi connectivity index (χ1v) is 21.7. The van der Waals surface area contributed by atoms with Gasteiger partial charge in [0.1, 0.15) is 0 Å². The molecule has 0 fully saturated rings. The van der Waals surface area contributed by atoms with Crippen molar-refractivity contribution < 1.29 is 0 Å². The fourth-order valence-electron chi connectivity index (χ4n) is 8.92. The molecular formula is C57H36N4S. The number of para-hydroxylation sites is 3. The number of fused-ring (bicyclic) bond motifs is 6. The van der Waals surface area contributed by atoms with Crippen LogP contribution in [0.15, 0.2) is 218 Å². The lowest BCUT2D eigenvalue weighted by Gasteiger charge is -2.15. The molecule has 0 saturated carbocycles. The summed E-state index contributed by atoms with van der Waals surface area (Å²) < 4.78 is 4.84. The second-order valence-electron chi connectivity index (χ2n) is 15.6. The second-order valence-corrected chi connectivity index (χ2v) is 16.7. The maximum absolute atomic E-state index is 5.16. The van der Waals surface area contributed by atoms with Crippen LogP contribution in [0.2, 0.25) is 0 Å². The lowest BCUT2D eigenvalue weighted by Crippen LogP contribution is -2.00. The average molecular weight is 809 g/mol. The number of hydrogen-bond donors (Lipinski definition) is 0. The van der Waals surface area contributed by atoms with Gasteiger partial charge < -0.3 is 4.57 Å². The number of benzene rings is 9. The zero-order valence-electron chi connectivity index (χ0n) is 33.5. The van der Waals surface area contributed by atoms with Gasteiger partial charge in [0.05, 0.1) is 16.7 Å². The predicted octanol–water partition coefficient (Wildman–Crippen LogP) is 15.3. The van der Waals surface area contributed by atoms with Gasteiger partial charge in [-0.2, -0.15) is 0 Å². The average Bonchev–Trinajstić information content (AvgIpc) is 3.90. The van der Waals surface area contributed by atoms with E-state index >= 15 is 0 Å². The van der Waals surface area contributed by atoms with E-state index in [-0.39, 0.29) is 0 Å². The Labute approximate surface area is 362 Å². The number of rotatable bonds is 7. The van der Waals surface area contributed by atoms with E-state index in [1.807, 2.05) is 23.5 Å². The molecule has 0 N–H and O–H groups in total. The molecule has 0 atom stereocenters. The Morgan fingerprint density at radius 1 is 0.306 bits per heavy atom. The van der Waals surface area contributed by atoms with Gasteiger partial charge in [-0.3, -0.25) is 0 Å². The third-order valence-corrected chi connectivity index (χ3v) is 13.0. The molecular weight excluding hydrogens is 773 g/mol. The van der Waals surface area contributed by atoms with Gasteiger partial charge in [0.2, 0.25) is 0 Å². The molecule has 5 heteroatoms. The molecule has 4 nitrogen and oxygen atoms in total. The molecule has 0 unspecified atom stereocenters. The molecule has 0 aliphatic carbocycles. The van der Waals surface area contributed by atoms with Crippen LogP contribution in [0.25, 0.3) is 115 Å². The zero-order valence-corrected chi connectivity index (χ0v) is 34.3. The van der Waals surface area contributed by atoms with Gasteiger partial charge in [-0.25, -0.2) is 15.0 Å². The zero-order chi connectivity index (χ0) is 41.0. The minimum Gasteiger partial charge on any atom is -0.309 e. The SMILES string of the molecule is c1ccc(-c2ccc(-c3nc(-c4ccc(-c5ccccc5)cc4)nc(-c4ccc5c(c4)sc4cccc(-c6ccccc6-n6c7ccccc7c7ccccc76)c45)n3)cc2)cc1. The highest BCUT2D eigenvalue weighted by Gasteiger charge is 2.19.